The molecule has 1 rings (SSSR count). The number of nitrogens with zero attached hydrogens (tertiary/aromatic N) is 3. The Morgan fingerprint density at radius 3 is 2.40 bits per heavy atom. The number of halogens is 6. The largest absolute Gasteiger partial charge is 0.457 e. The van der Waals surface area contributed by atoms with E-state index in [-0.39, 0.29) is 5.13 Å². The number of carbonyl (C=O) groups is 1. The smallest absolute Gasteiger partial charge is 0.388 e. The Hall–Kier alpha value is -1.56. The first-order valence-corrected chi connectivity index (χ1v) is 5.63. The molecule has 0 spiro atoms. The second-order valence-corrected chi connectivity index (χ2v) is 4.27. The van der Waals surface area contributed by atoms with Gasteiger partial charge >= 0.3 is 12.1 Å². The average molecular weight is 339 g/mol. The van der Waals surface area contributed by atoms with Crippen LogP contribution >= 0.6 is 23.1 Å². The van der Waals surface area contributed by atoms with Gasteiger partial charge < -0.3 is 10.6 Å². The lowest BCUT2D eigenvalue weighted by Crippen LogP contribution is -2.40. The first kappa shape index (κ1) is 16.5. The highest BCUT2D eigenvalue weighted by Crippen LogP contribution is 2.35. The number of anilines is 1. The molecule has 0 aliphatic rings. The molecule has 112 valence electrons. The summed E-state index contributed by atoms with van der Waals surface area (Å²) in [5, 5.41) is 1.39. The summed E-state index contributed by atoms with van der Waals surface area (Å²) in [5.41, 5.74) is 4.36. The van der Waals surface area contributed by atoms with E-state index in [0.717, 1.165) is 0 Å². The topological polar surface area (TPSA) is 90.5 Å². The molecular formula is C7H4ClF5N4O2S. The maximum absolute atomic E-state index is 12.5. The van der Waals surface area contributed by atoms with Crippen molar-refractivity contribution in [1.29, 1.82) is 0 Å². The van der Waals surface area contributed by atoms with E-state index in [1.165, 1.54) is 0 Å². The zero-order valence-corrected chi connectivity index (χ0v) is 10.7. The van der Waals surface area contributed by atoms with Crippen LogP contribution in [0.1, 0.15) is 5.82 Å². The molecule has 1 heterocycles. The molecule has 13 heteroatoms. The van der Waals surface area contributed by atoms with Gasteiger partial charge in [-0.1, -0.05) is 5.16 Å². The first-order chi connectivity index (χ1) is 9.04. The second-order valence-electron chi connectivity index (χ2n) is 3.15. The van der Waals surface area contributed by atoms with Gasteiger partial charge in [0.25, 0.3) is 5.24 Å². The van der Waals surface area contributed by atoms with E-state index in [0.29, 0.717) is 11.5 Å². The van der Waals surface area contributed by atoms with Gasteiger partial charge in [0.15, 0.2) is 11.7 Å². The molecule has 2 N–H and O–H groups in total. The fraction of sp³-hybridized carbons (Fsp3) is 0.429. The maximum Gasteiger partial charge on any atom is 0.457 e. The van der Waals surface area contributed by atoms with Crippen LogP contribution in [0.15, 0.2) is 5.16 Å². The number of oxime groups is 1. The number of hydrogen-bond donors (Lipinski definition) is 1. The third kappa shape index (κ3) is 3.96. The van der Waals surface area contributed by atoms with Crippen molar-refractivity contribution in [2.45, 2.75) is 12.1 Å². The lowest BCUT2D eigenvalue weighted by atomic mass is 10.3. The van der Waals surface area contributed by atoms with Gasteiger partial charge in [0.05, 0.1) is 0 Å². The van der Waals surface area contributed by atoms with E-state index in [1.807, 2.05) is 0 Å². The molecule has 0 aliphatic carbocycles. The SMILES string of the molecule is Nc1nc(/C(=N/OCC(F)(F)C(F)(F)F)C(=O)Cl)ns1. The summed E-state index contributed by atoms with van der Waals surface area (Å²) >= 11 is 5.69. The molecule has 0 radical (unpaired) electrons. The van der Waals surface area contributed by atoms with Gasteiger partial charge in [0.1, 0.15) is 0 Å². The molecule has 0 fully saturated rings. The molecule has 0 amide bonds. The minimum absolute atomic E-state index is 0.0914. The second kappa shape index (κ2) is 5.83. The fourth-order valence-corrected chi connectivity index (χ4v) is 1.31. The Bertz CT molecular complexity index is 532. The molecule has 0 saturated heterocycles. The Labute approximate surface area is 116 Å². The predicted molar refractivity (Wildman–Crippen MR) is 58.7 cm³/mol. The number of alkyl halides is 5. The summed E-state index contributed by atoms with van der Waals surface area (Å²) in [6.07, 6.45) is -5.81. The lowest BCUT2D eigenvalue weighted by molar-refractivity contribution is -0.296. The van der Waals surface area contributed by atoms with Gasteiger partial charge in [-0.3, -0.25) is 4.79 Å². The number of carbonyl (C=O) groups excluding carboxylic acids is 1. The third-order valence-electron chi connectivity index (χ3n) is 1.66. The molecule has 0 bridgehead atoms. The lowest BCUT2D eigenvalue weighted by Gasteiger charge is -2.17. The van der Waals surface area contributed by atoms with Crippen LogP contribution in [-0.4, -0.2) is 39.0 Å². The summed E-state index contributed by atoms with van der Waals surface area (Å²) in [4.78, 5) is 18.2. The van der Waals surface area contributed by atoms with E-state index in [9.17, 15) is 26.7 Å². The minimum Gasteiger partial charge on any atom is -0.388 e. The van der Waals surface area contributed by atoms with Crippen molar-refractivity contribution < 1.29 is 31.6 Å². The number of rotatable bonds is 5. The molecule has 20 heavy (non-hydrogen) atoms. The summed E-state index contributed by atoms with van der Waals surface area (Å²) in [6, 6.07) is 0. The summed E-state index contributed by atoms with van der Waals surface area (Å²) in [6.45, 7) is -2.12. The van der Waals surface area contributed by atoms with Gasteiger partial charge in [0, 0.05) is 11.5 Å². The molecule has 0 atom stereocenters. The van der Waals surface area contributed by atoms with E-state index in [1.54, 1.807) is 0 Å². The van der Waals surface area contributed by atoms with Crippen LogP contribution < -0.4 is 5.73 Å². The van der Waals surface area contributed by atoms with Gasteiger partial charge in [-0.05, 0) is 11.6 Å². The van der Waals surface area contributed by atoms with Crippen LogP contribution in [-0.2, 0) is 9.63 Å². The van der Waals surface area contributed by atoms with Crippen molar-refractivity contribution in [3.63, 3.8) is 0 Å². The standard InChI is InChI=1S/C7H4ClF5N4O2S/c8-3(18)2(4-15-5(14)20-17-4)16-19-1-6(9,10)7(11,12)13/h1H2,(H2,14,15,17)/b16-2+. The first-order valence-electron chi connectivity index (χ1n) is 4.48. The minimum atomic E-state index is -5.81. The predicted octanol–water partition coefficient (Wildman–Crippen LogP) is 1.80. The van der Waals surface area contributed by atoms with Gasteiger partial charge in [-0.2, -0.15) is 31.3 Å². The van der Waals surface area contributed by atoms with Crippen molar-refractivity contribution in [2.24, 2.45) is 5.16 Å². The number of nitrogens with two attached hydrogens (primary N) is 1. The van der Waals surface area contributed by atoms with Gasteiger partial charge in [-0.25, -0.2) is 0 Å². The van der Waals surface area contributed by atoms with Crippen LogP contribution in [0.4, 0.5) is 27.1 Å². The van der Waals surface area contributed by atoms with Crippen molar-refractivity contribution in [3.8, 4) is 0 Å². The third-order valence-corrected chi connectivity index (χ3v) is 2.38. The molecule has 6 nitrogen and oxygen atoms in total. The van der Waals surface area contributed by atoms with E-state index in [4.69, 9.17) is 17.3 Å². The van der Waals surface area contributed by atoms with E-state index >= 15 is 0 Å². The van der Waals surface area contributed by atoms with E-state index in [2.05, 4.69) is 19.4 Å². The number of nitrogen functional groups attached to an aromatic ring is 1. The summed E-state index contributed by atoms with van der Waals surface area (Å²) in [5.74, 6) is -5.58. The van der Waals surface area contributed by atoms with Crippen molar-refractivity contribution in [1.82, 2.24) is 9.36 Å². The van der Waals surface area contributed by atoms with Crippen LogP contribution in [0.5, 0.6) is 0 Å². The fourth-order valence-electron chi connectivity index (χ4n) is 0.756. The molecule has 0 unspecified atom stereocenters. The molecular weight excluding hydrogens is 335 g/mol. The monoisotopic (exact) mass is 338 g/mol. The van der Waals surface area contributed by atoms with Gasteiger partial charge in [-0.15, -0.1) is 0 Å². The molecule has 1 aromatic heterocycles. The highest BCUT2D eigenvalue weighted by molar-refractivity contribution is 7.09. The highest BCUT2D eigenvalue weighted by atomic mass is 35.5. The number of aromatic nitrogens is 2. The molecule has 0 aliphatic heterocycles. The number of hydrogen-bond acceptors (Lipinski definition) is 7. The Balaban J connectivity index is 2.83. The molecule has 1 aromatic rings. The maximum atomic E-state index is 12.5. The Kier molecular flexibility index (Phi) is 4.81. The Morgan fingerprint density at radius 2 is 2.00 bits per heavy atom. The summed E-state index contributed by atoms with van der Waals surface area (Å²) in [7, 11) is 0. The zero-order chi connectivity index (χ0) is 15.6. The van der Waals surface area contributed by atoms with Crippen molar-refractivity contribution >= 4 is 39.2 Å². The summed E-state index contributed by atoms with van der Waals surface area (Å²) < 4.78 is 64.0. The molecule has 0 aromatic carbocycles. The van der Waals surface area contributed by atoms with Gasteiger partial charge in [0.2, 0.25) is 11.5 Å². The van der Waals surface area contributed by atoms with Crippen LogP contribution in [0.25, 0.3) is 0 Å². The van der Waals surface area contributed by atoms with E-state index < -0.39 is 35.5 Å². The molecule has 0 saturated carbocycles. The zero-order valence-electron chi connectivity index (χ0n) is 9.12. The average Bonchev–Trinajstić information content (AvgIpc) is 2.68. The van der Waals surface area contributed by atoms with Crippen molar-refractivity contribution in [2.75, 3.05) is 12.3 Å². The van der Waals surface area contributed by atoms with Crippen LogP contribution in [0.3, 0.4) is 0 Å². The normalized spacial score (nSPS) is 13.4. The Morgan fingerprint density at radius 1 is 1.40 bits per heavy atom. The highest BCUT2D eigenvalue weighted by Gasteiger charge is 2.58. The van der Waals surface area contributed by atoms with Crippen LogP contribution in [0.2, 0.25) is 0 Å². The van der Waals surface area contributed by atoms with Crippen molar-refractivity contribution in [3.05, 3.63) is 5.82 Å². The quantitative estimate of drug-likeness (QED) is 0.382. The van der Waals surface area contributed by atoms with Crippen LogP contribution in [0, 0.1) is 0 Å².